The van der Waals surface area contributed by atoms with Crippen LogP contribution < -0.4 is 4.74 Å². The Hall–Kier alpha value is -2.33. The van der Waals surface area contributed by atoms with Crippen LogP contribution in [0.4, 0.5) is 4.39 Å². The van der Waals surface area contributed by atoms with Crippen LogP contribution in [0.1, 0.15) is 12.8 Å². The van der Waals surface area contributed by atoms with E-state index in [4.69, 9.17) is 4.74 Å². The first-order chi connectivity index (χ1) is 12.3. The predicted octanol–water partition coefficient (Wildman–Crippen LogP) is 4.65. The van der Waals surface area contributed by atoms with Crippen LogP contribution in [0.3, 0.4) is 0 Å². The summed E-state index contributed by atoms with van der Waals surface area (Å²) in [6.45, 7) is 2.20. The van der Waals surface area contributed by atoms with E-state index in [1.54, 1.807) is 0 Å². The first-order valence-electron chi connectivity index (χ1n) is 9.01. The fraction of sp³-hybridized carbons (Fsp3) is 0.333. The SMILES string of the molecule is FC1C(=CCOc2ccc3c(c2)[nH]c2ccccc23)C2CCN1CC2. The molecular weight excluding hydrogens is 315 g/mol. The molecule has 25 heavy (non-hydrogen) atoms. The molecule has 4 heterocycles. The maximum Gasteiger partial charge on any atom is 0.175 e. The van der Waals surface area contributed by atoms with Crippen molar-refractivity contribution in [3.63, 3.8) is 0 Å². The smallest absolute Gasteiger partial charge is 0.175 e. The van der Waals surface area contributed by atoms with Crippen molar-refractivity contribution in [3.8, 4) is 5.75 Å². The first-order valence-corrected chi connectivity index (χ1v) is 9.01. The summed E-state index contributed by atoms with van der Waals surface area (Å²) in [5.41, 5.74) is 3.12. The second kappa shape index (κ2) is 5.88. The third-order valence-electron chi connectivity index (χ3n) is 5.64. The third-order valence-corrected chi connectivity index (χ3v) is 5.64. The number of hydrogen-bond acceptors (Lipinski definition) is 2. The van der Waals surface area contributed by atoms with Gasteiger partial charge in [0.25, 0.3) is 0 Å². The lowest BCUT2D eigenvalue weighted by molar-refractivity contribution is 0.0267. The number of ether oxygens (including phenoxy) is 1. The van der Waals surface area contributed by atoms with Crippen LogP contribution in [0.15, 0.2) is 54.1 Å². The molecule has 0 spiro atoms. The number of H-pyrrole nitrogens is 1. The van der Waals surface area contributed by atoms with Crippen molar-refractivity contribution in [1.82, 2.24) is 9.88 Å². The molecule has 0 amide bonds. The first kappa shape index (κ1) is 15.0. The van der Waals surface area contributed by atoms with Gasteiger partial charge >= 0.3 is 0 Å². The minimum absolute atomic E-state index is 0.403. The zero-order valence-corrected chi connectivity index (χ0v) is 14.0. The van der Waals surface area contributed by atoms with Crippen molar-refractivity contribution in [1.29, 1.82) is 0 Å². The molecule has 3 nitrogen and oxygen atoms in total. The Bertz CT molecular complexity index is 949. The second-order valence-corrected chi connectivity index (χ2v) is 7.04. The molecule has 1 atom stereocenters. The number of para-hydroxylation sites is 1. The molecule has 0 aliphatic carbocycles. The molecule has 2 bridgehead atoms. The fourth-order valence-electron chi connectivity index (χ4n) is 4.29. The van der Waals surface area contributed by atoms with Gasteiger partial charge < -0.3 is 9.72 Å². The van der Waals surface area contributed by atoms with Crippen molar-refractivity contribution < 1.29 is 9.13 Å². The number of alkyl halides is 1. The van der Waals surface area contributed by atoms with Crippen molar-refractivity contribution in [3.05, 3.63) is 54.1 Å². The molecule has 3 fully saturated rings. The predicted molar refractivity (Wildman–Crippen MR) is 98.6 cm³/mol. The van der Waals surface area contributed by atoms with E-state index in [2.05, 4.69) is 23.2 Å². The van der Waals surface area contributed by atoms with Crippen LogP contribution in [0, 0.1) is 5.92 Å². The van der Waals surface area contributed by atoms with E-state index in [1.165, 1.54) is 10.8 Å². The fourth-order valence-corrected chi connectivity index (χ4v) is 4.29. The standard InChI is InChI=1S/C21H21FN2O/c22-21-16(14-7-10-24(21)11-8-14)9-12-25-15-5-6-18-17-3-1-2-4-19(17)23-20(18)13-15/h1-6,9,13-14,21,23H,7-8,10-12H2. The quantitative estimate of drug-likeness (QED) is 0.557. The van der Waals surface area contributed by atoms with Gasteiger partial charge in [0, 0.05) is 35.4 Å². The highest BCUT2D eigenvalue weighted by molar-refractivity contribution is 6.07. The molecule has 2 aromatic carbocycles. The number of rotatable bonds is 3. The molecule has 4 heteroatoms. The summed E-state index contributed by atoms with van der Waals surface area (Å²) in [7, 11) is 0. The summed E-state index contributed by atoms with van der Waals surface area (Å²) < 4.78 is 20.3. The molecule has 3 aliphatic heterocycles. The van der Waals surface area contributed by atoms with Crippen LogP contribution in [-0.2, 0) is 0 Å². The lowest BCUT2D eigenvalue weighted by atomic mass is 9.83. The molecule has 128 valence electrons. The minimum Gasteiger partial charge on any atom is -0.489 e. The number of piperidine rings is 3. The Morgan fingerprint density at radius 2 is 1.88 bits per heavy atom. The topological polar surface area (TPSA) is 28.3 Å². The molecule has 6 rings (SSSR count). The number of aromatic amines is 1. The van der Waals surface area contributed by atoms with Crippen molar-refractivity contribution in [2.75, 3.05) is 19.7 Å². The van der Waals surface area contributed by atoms with E-state index >= 15 is 0 Å². The lowest BCUT2D eigenvalue weighted by Crippen LogP contribution is -2.48. The summed E-state index contributed by atoms with van der Waals surface area (Å²) in [4.78, 5) is 5.36. The Morgan fingerprint density at radius 1 is 1.08 bits per heavy atom. The molecule has 1 N–H and O–H groups in total. The lowest BCUT2D eigenvalue weighted by Gasteiger charge is -2.43. The van der Waals surface area contributed by atoms with E-state index in [1.807, 2.05) is 35.2 Å². The highest BCUT2D eigenvalue weighted by atomic mass is 19.1. The number of nitrogens with one attached hydrogen (secondary N) is 1. The average molecular weight is 336 g/mol. The molecule has 3 aromatic rings. The van der Waals surface area contributed by atoms with Crippen LogP contribution >= 0.6 is 0 Å². The Morgan fingerprint density at radius 3 is 2.72 bits per heavy atom. The average Bonchev–Trinajstić information content (AvgIpc) is 3.02. The second-order valence-electron chi connectivity index (χ2n) is 7.04. The highest BCUT2D eigenvalue weighted by Crippen LogP contribution is 2.37. The zero-order valence-electron chi connectivity index (χ0n) is 14.0. The Labute approximate surface area is 146 Å². The van der Waals surface area contributed by atoms with Crippen LogP contribution in [0.2, 0.25) is 0 Å². The Kier molecular flexibility index (Phi) is 3.52. The summed E-state index contributed by atoms with van der Waals surface area (Å²) in [5, 5.41) is 2.42. The van der Waals surface area contributed by atoms with E-state index in [0.717, 1.165) is 48.3 Å². The van der Waals surface area contributed by atoms with Gasteiger partial charge in [-0.3, -0.25) is 4.90 Å². The number of nitrogens with zero attached hydrogens (tertiary/aromatic N) is 1. The van der Waals surface area contributed by atoms with E-state index in [-0.39, 0.29) is 0 Å². The minimum atomic E-state index is -0.910. The van der Waals surface area contributed by atoms with Crippen molar-refractivity contribution in [2.45, 2.75) is 19.1 Å². The maximum absolute atomic E-state index is 14.4. The van der Waals surface area contributed by atoms with Gasteiger partial charge in [-0.25, -0.2) is 4.39 Å². The van der Waals surface area contributed by atoms with Gasteiger partial charge in [-0.15, -0.1) is 0 Å². The Balaban J connectivity index is 1.36. The third kappa shape index (κ3) is 2.52. The van der Waals surface area contributed by atoms with Crippen LogP contribution in [0.25, 0.3) is 21.8 Å². The molecule has 1 unspecified atom stereocenters. The summed E-state index contributed by atoms with van der Waals surface area (Å²) in [5.74, 6) is 1.22. The number of fused-ring (bicyclic) bond motifs is 6. The van der Waals surface area contributed by atoms with Gasteiger partial charge in [-0.2, -0.15) is 0 Å². The van der Waals surface area contributed by atoms with Gasteiger partial charge in [0.1, 0.15) is 12.4 Å². The maximum atomic E-state index is 14.4. The van der Waals surface area contributed by atoms with Crippen molar-refractivity contribution in [2.24, 2.45) is 5.92 Å². The number of hydrogen-bond donors (Lipinski definition) is 1. The molecular formula is C21H21FN2O. The normalized spacial score (nSPS) is 27.4. The zero-order chi connectivity index (χ0) is 16.8. The van der Waals surface area contributed by atoms with Crippen LogP contribution in [-0.4, -0.2) is 35.9 Å². The molecule has 3 saturated heterocycles. The molecule has 0 radical (unpaired) electrons. The van der Waals surface area contributed by atoms with E-state index < -0.39 is 6.30 Å². The van der Waals surface area contributed by atoms with E-state index in [0.29, 0.717) is 12.5 Å². The van der Waals surface area contributed by atoms with Gasteiger partial charge in [-0.05, 0) is 48.6 Å². The molecule has 0 saturated carbocycles. The molecule has 3 aliphatic rings. The molecule has 1 aromatic heterocycles. The van der Waals surface area contributed by atoms with Crippen molar-refractivity contribution >= 4 is 21.8 Å². The number of benzene rings is 2. The van der Waals surface area contributed by atoms with Gasteiger partial charge in [-0.1, -0.05) is 18.2 Å². The summed E-state index contributed by atoms with van der Waals surface area (Å²) in [6, 6.07) is 14.4. The van der Waals surface area contributed by atoms with E-state index in [9.17, 15) is 4.39 Å². The largest absolute Gasteiger partial charge is 0.489 e. The highest BCUT2D eigenvalue weighted by Gasteiger charge is 2.37. The van der Waals surface area contributed by atoms with Gasteiger partial charge in [0.05, 0.1) is 5.52 Å². The number of aromatic nitrogens is 1. The van der Waals surface area contributed by atoms with Gasteiger partial charge in [0.2, 0.25) is 0 Å². The number of halogens is 1. The van der Waals surface area contributed by atoms with Gasteiger partial charge in [0.15, 0.2) is 6.30 Å². The summed E-state index contributed by atoms with van der Waals surface area (Å²) >= 11 is 0. The monoisotopic (exact) mass is 336 g/mol. The van der Waals surface area contributed by atoms with Crippen LogP contribution in [0.5, 0.6) is 5.75 Å². The summed E-state index contributed by atoms with van der Waals surface area (Å²) in [6.07, 6.45) is 3.20.